The van der Waals surface area contributed by atoms with Crippen molar-refractivity contribution in [3.63, 3.8) is 0 Å². The molecule has 1 heteroatoms. The van der Waals surface area contributed by atoms with E-state index >= 15 is 0 Å². The fourth-order valence-electron chi connectivity index (χ4n) is 3.01. The van der Waals surface area contributed by atoms with Gasteiger partial charge in [0.15, 0.2) is 0 Å². The van der Waals surface area contributed by atoms with Crippen molar-refractivity contribution in [1.29, 1.82) is 0 Å². The van der Waals surface area contributed by atoms with Crippen LogP contribution in [-0.4, -0.2) is 13.1 Å². The molecule has 0 saturated heterocycles. The zero-order chi connectivity index (χ0) is 11.5. The number of rotatable bonds is 2. The molecular formula is C15H23N. The molecule has 0 heterocycles. The third-order valence-electron chi connectivity index (χ3n) is 3.97. The van der Waals surface area contributed by atoms with Gasteiger partial charge in [-0.3, -0.25) is 0 Å². The Labute approximate surface area is 99.3 Å². The third kappa shape index (κ3) is 2.30. The molecule has 0 spiro atoms. The first kappa shape index (κ1) is 11.7. The summed E-state index contributed by atoms with van der Waals surface area (Å²) in [6.07, 6.45) is 5.44. The Balaban J connectivity index is 2.30. The molecule has 2 atom stereocenters. The van der Waals surface area contributed by atoms with E-state index in [4.69, 9.17) is 0 Å². The van der Waals surface area contributed by atoms with Crippen molar-refractivity contribution in [1.82, 2.24) is 5.32 Å². The van der Waals surface area contributed by atoms with Crippen LogP contribution in [0.25, 0.3) is 0 Å². The second-order valence-electron chi connectivity index (χ2n) is 5.15. The monoisotopic (exact) mass is 217 g/mol. The van der Waals surface area contributed by atoms with Crippen molar-refractivity contribution in [3.8, 4) is 0 Å². The molecule has 0 bridgehead atoms. The number of hydrogen-bond acceptors (Lipinski definition) is 1. The molecule has 1 nitrogen and oxygen atoms in total. The van der Waals surface area contributed by atoms with E-state index in [0.717, 1.165) is 5.92 Å². The lowest BCUT2D eigenvalue weighted by Crippen LogP contribution is -2.34. The zero-order valence-electron chi connectivity index (χ0n) is 10.7. The van der Waals surface area contributed by atoms with Crippen LogP contribution >= 0.6 is 0 Å². The van der Waals surface area contributed by atoms with Crippen molar-refractivity contribution in [3.05, 3.63) is 34.9 Å². The molecule has 1 aromatic carbocycles. The smallest absolute Gasteiger partial charge is 0.0133 e. The SMILES string of the molecule is CNC1CCCCC1c1cc(C)ccc1C. The molecule has 1 aromatic rings. The summed E-state index contributed by atoms with van der Waals surface area (Å²) >= 11 is 0. The summed E-state index contributed by atoms with van der Waals surface area (Å²) in [5.74, 6) is 0.721. The summed E-state index contributed by atoms with van der Waals surface area (Å²) in [4.78, 5) is 0. The van der Waals surface area contributed by atoms with Crippen LogP contribution in [0, 0.1) is 13.8 Å². The summed E-state index contributed by atoms with van der Waals surface area (Å²) in [6.45, 7) is 4.44. The molecule has 0 aliphatic heterocycles. The van der Waals surface area contributed by atoms with Gasteiger partial charge in [-0.2, -0.15) is 0 Å². The predicted octanol–water partition coefficient (Wildman–Crippen LogP) is 3.55. The molecule has 88 valence electrons. The van der Waals surface area contributed by atoms with Crippen LogP contribution in [0.15, 0.2) is 18.2 Å². The first-order valence-corrected chi connectivity index (χ1v) is 6.47. The van der Waals surface area contributed by atoms with Gasteiger partial charge in [0, 0.05) is 6.04 Å². The summed E-state index contributed by atoms with van der Waals surface area (Å²) < 4.78 is 0. The van der Waals surface area contributed by atoms with Crippen molar-refractivity contribution in [2.45, 2.75) is 51.5 Å². The van der Waals surface area contributed by atoms with Crippen LogP contribution in [0.5, 0.6) is 0 Å². The van der Waals surface area contributed by atoms with Gasteiger partial charge in [0.25, 0.3) is 0 Å². The van der Waals surface area contributed by atoms with Crippen LogP contribution in [0.4, 0.5) is 0 Å². The highest BCUT2D eigenvalue weighted by molar-refractivity contribution is 5.34. The third-order valence-corrected chi connectivity index (χ3v) is 3.97. The van der Waals surface area contributed by atoms with E-state index in [0.29, 0.717) is 6.04 Å². The first-order chi connectivity index (χ1) is 7.72. The highest BCUT2D eigenvalue weighted by Crippen LogP contribution is 2.34. The average Bonchev–Trinajstić information content (AvgIpc) is 2.32. The zero-order valence-corrected chi connectivity index (χ0v) is 10.7. The van der Waals surface area contributed by atoms with Gasteiger partial charge < -0.3 is 5.32 Å². The molecule has 1 fully saturated rings. The van der Waals surface area contributed by atoms with Crippen LogP contribution in [0.1, 0.15) is 48.3 Å². The van der Waals surface area contributed by atoms with Gasteiger partial charge in [-0.25, -0.2) is 0 Å². The Morgan fingerprint density at radius 1 is 1.12 bits per heavy atom. The molecule has 1 N–H and O–H groups in total. The Morgan fingerprint density at radius 2 is 1.88 bits per heavy atom. The lowest BCUT2D eigenvalue weighted by molar-refractivity contribution is 0.343. The van der Waals surface area contributed by atoms with Crippen molar-refractivity contribution in [2.24, 2.45) is 0 Å². The van der Waals surface area contributed by atoms with Gasteiger partial charge in [0.05, 0.1) is 0 Å². The molecule has 1 aliphatic carbocycles. The lowest BCUT2D eigenvalue weighted by Gasteiger charge is -2.32. The van der Waals surface area contributed by atoms with E-state index < -0.39 is 0 Å². The first-order valence-electron chi connectivity index (χ1n) is 6.47. The van der Waals surface area contributed by atoms with E-state index in [2.05, 4.69) is 44.4 Å². The Kier molecular flexibility index (Phi) is 3.65. The minimum atomic E-state index is 0.675. The highest BCUT2D eigenvalue weighted by Gasteiger charge is 2.26. The number of likely N-dealkylation sites (N-methyl/N-ethyl adjacent to an activating group) is 1. The second kappa shape index (κ2) is 5.01. The van der Waals surface area contributed by atoms with Crippen molar-refractivity contribution in [2.75, 3.05) is 7.05 Å². The van der Waals surface area contributed by atoms with E-state index in [-0.39, 0.29) is 0 Å². The van der Waals surface area contributed by atoms with E-state index in [1.807, 2.05) is 0 Å². The van der Waals surface area contributed by atoms with Gasteiger partial charge in [-0.05, 0) is 50.8 Å². The highest BCUT2D eigenvalue weighted by atomic mass is 14.9. The van der Waals surface area contributed by atoms with Gasteiger partial charge in [-0.1, -0.05) is 36.6 Å². The molecule has 1 saturated carbocycles. The maximum Gasteiger partial charge on any atom is 0.0133 e. The number of aryl methyl sites for hydroxylation is 2. The minimum Gasteiger partial charge on any atom is -0.316 e. The van der Waals surface area contributed by atoms with Crippen molar-refractivity contribution >= 4 is 0 Å². The number of nitrogens with one attached hydrogen (secondary N) is 1. The van der Waals surface area contributed by atoms with Crippen LogP contribution < -0.4 is 5.32 Å². The summed E-state index contributed by atoms with van der Waals surface area (Å²) in [5.41, 5.74) is 4.41. The fraction of sp³-hybridized carbons (Fsp3) is 0.600. The van der Waals surface area contributed by atoms with Crippen LogP contribution in [0.2, 0.25) is 0 Å². The molecule has 0 amide bonds. The topological polar surface area (TPSA) is 12.0 Å². The second-order valence-corrected chi connectivity index (χ2v) is 5.15. The van der Waals surface area contributed by atoms with E-state index in [1.165, 1.54) is 36.8 Å². The fourth-order valence-corrected chi connectivity index (χ4v) is 3.01. The summed E-state index contributed by atoms with van der Waals surface area (Å²) in [7, 11) is 2.11. The largest absolute Gasteiger partial charge is 0.316 e. The molecule has 1 aliphatic rings. The lowest BCUT2D eigenvalue weighted by atomic mass is 9.78. The van der Waals surface area contributed by atoms with Crippen LogP contribution in [-0.2, 0) is 0 Å². The Morgan fingerprint density at radius 3 is 2.62 bits per heavy atom. The minimum absolute atomic E-state index is 0.675. The standard InChI is InChI=1S/C15H23N/c1-11-8-9-12(2)14(10-11)13-6-4-5-7-15(13)16-3/h8-10,13,15-16H,4-7H2,1-3H3. The van der Waals surface area contributed by atoms with E-state index in [9.17, 15) is 0 Å². The van der Waals surface area contributed by atoms with Gasteiger partial charge in [0.1, 0.15) is 0 Å². The quantitative estimate of drug-likeness (QED) is 0.799. The molecule has 16 heavy (non-hydrogen) atoms. The van der Waals surface area contributed by atoms with E-state index in [1.54, 1.807) is 5.56 Å². The normalized spacial score (nSPS) is 25.7. The number of benzene rings is 1. The number of hydrogen-bond donors (Lipinski definition) is 1. The Hall–Kier alpha value is -0.820. The molecule has 0 aromatic heterocycles. The predicted molar refractivity (Wildman–Crippen MR) is 70.0 cm³/mol. The van der Waals surface area contributed by atoms with Gasteiger partial charge >= 0.3 is 0 Å². The maximum absolute atomic E-state index is 3.50. The summed E-state index contributed by atoms with van der Waals surface area (Å²) in [6, 6.07) is 7.55. The molecule has 2 rings (SSSR count). The molecule has 2 unspecified atom stereocenters. The van der Waals surface area contributed by atoms with Crippen LogP contribution in [0.3, 0.4) is 0 Å². The molecule has 0 radical (unpaired) electrons. The average molecular weight is 217 g/mol. The molecular weight excluding hydrogens is 194 g/mol. The maximum atomic E-state index is 3.50. The Bertz CT molecular complexity index is 356. The van der Waals surface area contributed by atoms with Gasteiger partial charge in [-0.15, -0.1) is 0 Å². The summed E-state index contributed by atoms with van der Waals surface area (Å²) in [5, 5.41) is 3.50. The van der Waals surface area contributed by atoms with Crippen molar-refractivity contribution < 1.29 is 0 Å². The van der Waals surface area contributed by atoms with Gasteiger partial charge in [0.2, 0.25) is 0 Å².